The van der Waals surface area contributed by atoms with Crippen LogP contribution in [0.2, 0.25) is 0 Å². The normalized spacial score (nSPS) is 14.4. The molecular weight excluding hydrogens is 398 g/mol. The first-order chi connectivity index (χ1) is 14.3. The number of hydrogen-bond acceptors (Lipinski definition) is 4. The van der Waals surface area contributed by atoms with Gasteiger partial charge in [-0.3, -0.25) is 14.4 Å². The maximum atomic E-state index is 13.3. The van der Waals surface area contributed by atoms with Gasteiger partial charge in [-0.15, -0.1) is 11.3 Å². The van der Waals surface area contributed by atoms with Gasteiger partial charge in [0.05, 0.1) is 5.56 Å². The van der Waals surface area contributed by atoms with Crippen LogP contribution in [0, 0.1) is 20.8 Å². The molecule has 0 bridgehead atoms. The lowest BCUT2D eigenvalue weighted by Gasteiger charge is -2.34. The van der Waals surface area contributed by atoms with Crippen molar-refractivity contribution in [3.8, 4) is 0 Å². The number of thiophene rings is 1. The zero-order chi connectivity index (χ0) is 21.8. The molecule has 0 aliphatic heterocycles. The molecule has 30 heavy (non-hydrogen) atoms. The highest BCUT2D eigenvalue weighted by Gasteiger charge is 2.29. The second-order valence-electron chi connectivity index (χ2n) is 7.99. The van der Waals surface area contributed by atoms with E-state index in [0.717, 1.165) is 48.1 Å². The van der Waals surface area contributed by atoms with E-state index in [9.17, 15) is 14.4 Å². The maximum absolute atomic E-state index is 13.3. The summed E-state index contributed by atoms with van der Waals surface area (Å²) in [7, 11) is 0. The van der Waals surface area contributed by atoms with E-state index in [4.69, 9.17) is 5.73 Å². The van der Waals surface area contributed by atoms with Crippen LogP contribution in [0.15, 0.2) is 24.3 Å². The van der Waals surface area contributed by atoms with Crippen LogP contribution in [0.25, 0.3) is 0 Å². The first kappa shape index (κ1) is 22.0. The van der Waals surface area contributed by atoms with Crippen molar-refractivity contribution in [2.24, 2.45) is 5.73 Å². The molecule has 3 N–H and O–H groups in total. The van der Waals surface area contributed by atoms with Crippen LogP contribution < -0.4 is 11.1 Å². The fraction of sp³-hybridized carbons (Fsp3) is 0.435. The molecule has 0 spiro atoms. The summed E-state index contributed by atoms with van der Waals surface area (Å²) in [5.41, 5.74) is 8.30. The molecule has 0 radical (unpaired) electrons. The summed E-state index contributed by atoms with van der Waals surface area (Å²) >= 11 is 1.33. The number of anilines is 1. The number of amides is 3. The Morgan fingerprint density at radius 2 is 1.70 bits per heavy atom. The highest BCUT2D eigenvalue weighted by molar-refractivity contribution is 7.16. The Morgan fingerprint density at radius 3 is 2.30 bits per heavy atom. The molecule has 1 aromatic heterocycles. The fourth-order valence-corrected chi connectivity index (χ4v) is 5.04. The topological polar surface area (TPSA) is 92.5 Å². The molecule has 1 fully saturated rings. The maximum Gasteiger partial charge on any atom is 0.254 e. The predicted octanol–water partition coefficient (Wildman–Crippen LogP) is 4.19. The Balaban J connectivity index is 1.81. The summed E-state index contributed by atoms with van der Waals surface area (Å²) in [5.74, 6) is -1.01. The standard InChI is InChI=1S/C23H29N3O3S/c1-14-9-11-17(12-10-14)23(29)26(18-7-5-4-6-8-18)13-19(27)25-22-20(21(24)28)15(2)16(3)30-22/h9-12,18H,4-8,13H2,1-3H3,(H2,24,28)(H,25,27). The molecular formula is C23H29N3O3S. The smallest absolute Gasteiger partial charge is 0.254 e. The summed E-state index contributed by atoms with van der Waals surface area (Å²) in [6.07, 6.45) is 5.06. The van der Waals surface area contributed by atoms with Gasteiger partial charge in [0.2, 0.25) is 5.91 Å². The zero-order valence-corrected chi connectivity index (χ0v) is 18.6. The van der Waals surface area contributed by atoms with Gasteiger partial charge in [-0.1, -0.05) is 37.0 Å². The number of aryl methyl sites for hydroxylation is 2. The van der Waals surface area contributed by atoms with E-state index in [-0.39, 0.29) is 24.4 Å². The van der Waals surface area contributed by atoms with Crippen LogP contribution in [-0.4, -0.2) is 35.2 Å². The molecule has 3 rings (SSSR count). The summed E-state index contributed by atoms with van der Waals surface area (Å²) in [5, 5.41) is 3.28. The number of carbonyl (C=O) groups excluding carboxylic acids is 3. The SMILES string of the molecule is Cc1ccc(C(=O)N(CC(=O)Nc2sc(C)c(C)c2C(N)=O)C2CCCCC2)cc1. The van der Waals surface area contributed by atoms with E-state index in [1.165, 1.54) is 11.3 Å². The van der Waals surface area contributed by atoms with Gasteiger partial charge < -0.3 is 16.0 Å². The molecule has 1 aliphatic carbocycles. The molecule has 1 aliphatic rings. The van der Waals surface area contributed by atoms with Crippen LogP contribution in [-0.2, 0) is 4.79 Å². The number of nitrogens with zero attached hydrogens (tertiary/aromatic N) is 1. The molecule has 7 heteroatoms. The van der Waals surface area contributed by atoms with Gasteiger partial charge in [-0.05, 0) is 51.3 Å². The van der Waals surface area contributed by atoms with Crippen molar-refractivity contribution in [2.75, 3.05) is 11.9 Å². The van der Waals surface area contributed by atoms with Gasteiger partial charge in [0.15, 0.2) is 0 Å². The van der Waals surface area contributed by atoms with E-state index < -0.39 is 5.91 Å². The number of nitrogens with two attached hydrogens (primary N) is 1. The minimum Gasteiger partial charge on any atom is -0.365 e. The fourth-order valence-electron chi connectivity index (χ4n) is 3.95. The molecule has 0 saturated heterocycles. The van der Waals surface area contributed by atoms with Crippen LogP contribution in [0.4, 0.5) is 5.00 Å². The van der Waals surface area contributed by atoms with Gasteiger partial charge in [0, 0.05) is 16.5 Å². The number of benzene rings is 1. The Kier molecular flexibility index (Phi) is 6.92. The van der Waals surface area contributed by atoms with Crippen LogP contribution >= 0.6 is 11.3 Å². The van der Waals surface area contributed by atoms with Crippen molar-refractivity contribution in [3.05, 3.63) is 51.4 Å². The van der Waals surface area contributed by atoms with Crippen molar-refractivity contribution in [3.63, 3.8) is 0 Å². The predicted molar refractivity (Wildman–Crippen MR) is 120 cm³/mol. The first-order valence-electron chi connectivity index (χ1n) is 10.3. The monoisotopic (exact) mass is 427 g/mol. The van der Waals surface area contributed by atoms with Crippen molar-refractivity contribution >= 4 is 34.1 Å². The second-order valence-corrected chi connectivity index (χ2v) is 9.22. The largest absolute Gasteiger partial charge is 0.365 e. The first-order valence-corrected chi connectivity index (χ1v) is 11.2. The highest BCUT2D eigenvalue weighted by Crippen LogP contribution is 2.32. The van der Waals surface area contributed by atoms with Crippen molar-refractivity contribution in [1.82, 2.24) is 4.90 Å². The molecule has 2 aromatic rings. The zero-order valence-electron chi connectivity index (χ0n) is 17.8. The molecule has 160 valence electrons. The van der Waals surface area contributed by atoms with Crippen molar-refractivity contribution < 1.29 is 14.4 Å². The highest BCUT2D eigenvalue weighted by atomic mass is 32.1. The van der Waals surface area contributed by atoms with Crippen LogP contribution in [0.1, 0.15) is 68.8 Å². The minimum absolute atomic E-state index is 0.0423. The van der Waals surface area contributed by atoms with Gasteiger partial charge in [-0.25, -0.2) is 0 Å². The number of nitrogens with one attached hydrogen (secondary N) is 1. The molecule has 0 atom stereocenters. The second kappa shape index (κ2) is 9.43. The summed E-state index contributed by atoms with van der Waals surface area (Å²) in [6.45, 7) is 5.63. The van der Waals surface area contributed by atoms with Crippen LogP contribution in [0.5, 0.6) is 0 Å². The third-order valence-corrected chi connectivity index (χ3v) is 6.90. The number of primary amides is 1. The van der Waals surface area contributed by atoms with E-state index in [1.807, 2.05) is 45.0 Å². The van der Waals surface area contributed by atoms with E-state index in [1.54, 1.807) is 4.90 Å². The Bertz CT molecular complexity index is 943. The van der Waals surface area contributed by atoms with Gasteiger partial charge in [0.25, 0.3) is 11.8 Å². The van der Waals surface area contributed by atoms with E-state index in [2.05, 4.69) is 5.32 Å². The number of rotatable bonds is 6. The lowest BCUT2D eigenvalue weighted by molar-refractivity contribution is -0.117. The minimum atomic E-state index is -0.563. The quantitative estimate of drug-likeness (QED) is 0.724. The molecule has 3 amide bonds. The third-order valence-electron chi connectivity index (χ3n) is 5.77. The lowest BCUT2D eigenvalue weighted by atomic mass is 9.93. The molecule has 1 saturated carbocycles. The Morgan fingerprint density at radius 1 is 1.07 bits per heavy atom. The van der Waals surface area contributed by atoms with Crippen LogP contribution in [0.3, 0.4) is 0 Å². The Hall–Kier alpha value is -2.67. The number of hydrogen-bond donors (Lipinski definition) is 2. The van der Waals surface area contributed by atoms with E-state index in [0.29, 0.717) is 16.1 Å². The van der Waals surface area contributed by atoms with Crippen molar-refractivity contribution in [1.29, 1.82) is 0 Å². The summed E-state index contributed by atoms with van der Waals surface area (Å²) < 4.78 is 0. The lowest BCUT2D eigenvalue weighted by Crippen LogP contribution is -2.45. The van der Waals surface area contributed by atoms with Gasteiger partial charge in [-0.2, -0.15) is 0 Å². The van der Waals surface area contributed by atoms with Crippen molar-refractivity contribution in [2.45, 2.75) is 58.9 Å². The molecule has 1 aromatic carbocycles. The average molecular weight is 428 g/mol. The van der Waals surface area contributed by atoms with E-state index >= 15 is 0 Å². The third kappa shape index (κ3) is 4.90. The molecule has 1 heterocycles. The van der Waals surface area contributed by atoms with Gasteiger partial charge >= 0.3 is 0 Å². The summed E-state index contributed by atoms with van der Waals surface area (Å²) in [4.78, 5) is 40.6. The number of carbonyl (C=O) groups is 3. The summed E-state index contributed by atoms with van der Waals surface area (Å²) in [6, 6.07) is 7.47. The Labute approximate surface area is 181 Å². The molecule has 0 unspecified atom stereocenters. The molecule has 6 nitrogen and oxygen atoms in total. The average Bonchev–Trinajstić information content (AvgIpc) is 3.00. The van der Waals surface area contributed by atoms with Gasteiger partial charge in [0.1, 0.15) is 11.5 Å².